The highest BCUT2D eigenvalue weighted by Crippen LogP contribution is 2.23. The van der Waals surface area contributed by atoms with E-state index in [1.54, 1.807) is 43.3 Å². The number of benzene rings is 2. The Morgan fingerprint density at radius 2 is 1.84 bits per heavy atom. The number of hydrazone groups is 1. The summed E-state index contributed by atoms with van der Waals surface area (Å²) in [6.45, 7) is 1.80. The van der Waals surface area contributed by atoms with Gasteiger partial charge in [0, 0.05) is 29.1 Å². The van der Waals surface area contributed by atoms with Crippen LogP contribution in [0.5, 0.6) is 5.75 Å². The minimum Gasteiger partial charge on any atom is -0.507 e. The standard InChI is InChI=1S/C18H18ClN3O3/c1-12-14(19)6-4-7-15(12)21-17(24)9-10-18(25)22-20-11-13-5-2-3-8-16(13)23/h2-8,11,23H,9-10H2,1H3,(H,21,24)(H,22,25)/b20-11-. The molecule has 2 rings (SSSR count). The van der Waals surface area contributed by atoms with E-state index in [9.17, 15) is 14.7 Å². The quantitative estimate of drug-likeness (QED) is 0.546. The Morgan fingerprint density at radius 1 is 1.12 bits per heavy atom. The van der Waals surface area contributed by atoms with Crippen molar-refractivity contribution >= 4 is 35.3 Å². The third kappa shape index (κ3) is 5.61. The van der Waals surface area contributed by atoms with Crippen LogP contribution in [0.2, 0.25) is 5.02 Å². The van der Waals surface area contributed by atoms with Gasteiger partial charge in [-0.1, -0.05) is 29.8 Å². The van der Waals surface area contributed by atoms with Crippen molar-refractivity contribution < 1.29 is 14.7 Å². The predicted octanol–water partition coefficient (Wildman–Crippen LogP) is 3.22. The minimum absolute atomic E-state index is 0.0104. The van der Waals surface area contributed by atoms with Gasteiger partial charge in [-0.3, -0.25) is 9.59 Å². The number of carbonyl (C=O) groups excluding carboxylic acids is 2. The average Bonchev–Trinajstić information content (AvgIpc) is 2.59. The van der Waals surface area contributed by atoms with E-state index in [0.29, 0.717) is 16.3 Å². The molecule has 2 amide bonds. The maximum atomic E-state index is 11.9. The van der Waals surface area contributed by atoms with Crippen LogP contribution in [-0.2, 0) is 9.59 Å². The highest BCUT2D eigenvalue weighted by molar-refractivity contribution is 6.31. The van der Waals surface area contributed by atoms with Crippen molar-refractivity contribution in [2.45, 2.75) is 19.8 Å². The summed E-state index contributed by atoms with van der Waals surface area (Å²) < 4.78 is 0. The second kappa shape index (κ2) is 8.84. The van der Waals surface area contributed by atoms with E-state index in [-0.39, 0.29) is 24.5 Å². The molecule has 0 fully saturated rings. The lowest BCUT2D eigenvalue weighted by Gasteiger charge is -2.09. The molecule has 2 aromatic carbocycles. The molecule has 0 saturated heterocycles. The first-order valence-electron chi connectivity index (χ1n) is 7.62. The van der Waals surface area contributed by atoms with Crippen LogP contribution in [0.25, 0.3) is 0 Å². The molecule has 0 bridgehead atoms. The van der Waals surface area contributed by atoms with Gasteiger partial charge in [-0.2, -0.15) is 5.10 Å². The Morgan fingerprint density at radius 3 is 2.60 bits per heavy atom. The summed E-state index contributed by atoms with van der Waals surface area (Å²) in [6, 6.07) is 11.8. The fourth-order valence-corrected chi connectivity index (χ4v) is 2.18. The molecule has 0 aliphatic rings. The van der Waals surface area contributed by atoms with Crippen molar-refractivity contribution in [3.05, 3.63) is 58.6 Å². The predicted molar refractivity (Wildman–Crippen MR) is 97.9 cm³/mol. The number of nitrogens with one attached hydrogen (secondary N) is 2. The molecular formula is C18H18ClN3O3. The van der Waals surface area contributed by atoms with Crippen LogP contribution in [0.1, 0.15) is 24.0 Å². The number of hydrogen-bond donors (Lipinski definition) is 3. The third-order valence-electron chi connectivity index (χ3n) is 3.45. The van der Waals surface area contributed by atoms with Gasteiger partial charge in [0.05, 0.1) is 6.21 Å². The molecule has 0 aliphatic carbocycles. The van der Waals surface area contributed by atoms with Crippen molar-refractivity contribution in [3.8, 4) is 5.75 Å². The normalized spacial score (nSPS) is 10.6. The van der Waals surface area contributed by atoms with Crippen LogP contribution in [0.3, 0.4) is 0 Å². The van der Waals surface area contributed by atoms with Crippen molar-refractivity contribution in [1.29, 1.82) is 0 Å². The van der Waals surface area contributed by atoms with Crippen LogP contribution in [-0.4, -0.2) is 23.1 Å². The second-order valence-corrected chi connectivity index (χ2v) is 5.72. The zero-order valence-electron chi connectivity index (χ0n) is 13.6. The van der Waals surface area contributed by atoms with E-state index in [1.807, 2.05) is 0 Å². The number of para-hydroxylation sites is 1. The van der Waals surface area contributed by atoms with Crippen molar-refractivity contribution in [2.24, 2.45) is 5.10 Å². The molecule has 2 aromatic rings. The molecule has 6 nitrogen and oxygen atoms in total. The Balaban J connectivity index is 1.79. The molecule has 0 radical (unpaired) electrons. The SMILES string of the molecule is Cc1c(Cl)cccc1NC(=O)CCC(=O)N/N=C\c1ccccc1O. The number of phenolic OH excluding ortho intramolecular Hbond substituents is 1. The van der Waals surface area contributed by atoms with E-state index >= 15 is 0 Å². The first-order valence-corrected chi connectivity index (χ1v) is 8.00. The lowest BCUT2D eigenvalue weighted by Crippen LogP contribution is -2.20. The zero-order chi connectivity index (χ0) is 18.2. The van der Waals surface area contributed by atoms with Gasteiger partial charge in [-0.05, 0) is 36.8 Å². The van der Waals surface area contributed by atoms with Gasteiger partial charge in [-0.25, -0.2) is 5.43 Å². The smallest absolute Gasteiger partial charge is 0.240 e. The van der Waals surface area contributed by atoms with E-state index in [0.717, 1.165) is 5.56 Å². The van der Waals surface area contributed by atoms with Crippen LogP contribution in [0.15, 0.2) is 47.6 Å². The summed E-state index contributed by atoms with van der Waals surface area (Å²) in [5.74, 6) is -0.619. The first-order chi connectivity index (χ1) is 12.0. The molecule has 0 aromatic heterocycles. The fraction of sp³-hybridized carbons (Fsp3) is 0.167. The summed E-state index contributed by atoms with van der Waals surface area (Å²) in [4.78, 5) is 23.6. The minimum atomic E-state index is -0.398. The summed E-state index contributed by atoms with van der Waals surface area (Å²) >= 11 is 5.99. The highest BCUT2D eigenvalue weighted by atomic mass is 35.5. The van der Waals surface area contributed by atoms with Crippen LogP contribution >= 0.6 is 11.6 Å². The lowest BCUT2D eigenvalue weighted by atomic mass is 10.2. The summed E-state index contributed by atoms with van der Waals surface area (Å²) in [5, 5.41) is 16.6. The van der Waals surface area contributed by atoms with Crippen LogP contribution < -0.4 is 10.7 Å². The van der Waals surface area contributed by atoms with Crippen molar-refractivity contribution in [1.82, 2.24) is 5.43 Å². The summed E-state index contributed by atoms with van der Waals surface area (Å²) in [5.41, 5.74) is 4.19. The Kier molecular flexibility index (Phi) is 6.54. The number of halogens is 1. The van der Waals surface area contributed by atoms with Gasteiger partial charge in [0.2, 0.25) is 11.8 Å². The number of carbonyl (C=O) groups is 2. The summed E-state index contributed by atoms with van der Waals surface area (Å²) in [6.07, 6.45) is 1.34. The third-order valence-corrected chi connectivity index (χ3v) is 3.86. The first kappa shape index (κ1) is 18.5. The number of rotatable bonds is 6. The van der Waals surface area contributed by atoms with Crippen molar-refractivity contribution in [2.75, 3.05) is 5.32 Å². The van der Waals surface area contributed by atoms with Gasteiger partial charge in [-0.15, -0.1) is 0 Å². The van der Waals surface area contributed by atoms with Gasteiger partial charge in [0.25, 0.3) is 0 Å². The number of aromatic hydroxyl groups is 1. The molecule has 0 aliphatic heterocycles. The van der Waals surface area contributed by atoms with E-state index in [2.05, 4.69) is 15.8 Å². The Bertz CT molecular complexity index is 806. The maximum Gasteiger partial charge on any atom is 0.240 e. The number of anilines is 1. The summed E-state index contributed by atoms with van der Waals surface area (Å²) in [7, 11) is 0. The average molecular weight is 360 g/mol. The van der Waals surface area contributed by atoms with Crippen LogP contribution in [0.4, 0.5) is 5.69 Å². The van der Waals surface area contributed by atoms with Gasteiger partial charge in [0.1, 0.15) is 5.75 Å². The van der Waals surface area contributed by atoms with E-state index in [1.165, 1.54) is 12.3 Å². The van der Waals surface area contributed by atoms with Crippen LogP contribution in [0, 0.1) is 6.92 Å². The number of hydrogen-bond acceptors (Lipinski definition) is 4. The van der Waals surface area contributed by atoms with Gasteiger partial charge in [0.15, 0.2) is 0 Å². The molecule has 0 unspecified atom stereocenters. The monoisotopic (exact) mass is 359 g/mol. The highest BCUT2D eigenvalue weighted by Gasteiger charge is 2.09. The topological polar surface area (TPSA) is 90.8 Å². The fourth-order valence-electron chi connectivity index (χ4n) is 2.01. The molecule has 0 spiro atoms. The molecule has 7 heteroatoms. The van der Waals surface area contributed by atoms with Gasteiger partial charge >= 0.3 is 0 Å². The second-order valence-electron chi connectivity index (χ2n) is 5.31. The largest absolute Gasteiger partial charge is 0.507 e. The van der Waals surface area contributed by atoms with Crippen molar-refractivity contribution in [3.63, 3.8) is 0 Å². The zero-order valence-corrected chi connectivity index (χ0v) is 14.4. The molecule has 0 saturated carbocycles. The number of phenols is 1. The van der Waals surface area contributed by atoms with E-state index < -0.39 is 5.91 Å². The lowest BCUT2D eigenvalue weighted by molar-refractivity contribution is -0.124. The molecule has 130 valence electrons. The molecular weight excluding hydrogens is 342 g/mol. The number of amides is 2. The Labute approximate surface area is 150 Å². The molecule has 0 atom stereocenters. The number of nitrogens with zero attached hydrogens (tertiary/aromatic N) is 1. The van der Waals surface area contributed by atoms with E-state index in [4.69, 9.17) is 11.6 Å². The molecule has 3 N–H and O–H groups in total. The maximum absolute atomic E-state index is 11.9. The van der Waals surface area contributed by atoms with Gasteiger partial charge < -0.3 is 10.4 Å². The molecule has 0 heterocycles. The Hall–Kier alpha value is -2.86. The molecule has 25 heavy (non-hydrogen) atoms.